The zero-order valence-corrected chi connectivity index (χ0v) is 16.8. The zero-order chi connectivity index (χ0) is 18.4. The van der Waals surface area contributed by atoms with E-state index in [4.69, 9.17) is 4.74 Å². The molecule has 0 unspecified atom stereocenters. The Hall–Kier alpha value is -1.31. The Kier molecular flexibility index (Phi) is 13.3. The van der Waals surface area contributed by atoms with Gasteiger partial charge in [0, 0.05) is 6.92 Å². The van der Waals surface area contributed by atoms with Crippen LogP contribution in [0.2, 0.25) is 0 Å². The molecule has 0 spiro atoms. The first-order chi connectivity index (χ1) is 11.3. The number of esters is 1. The van der Waals surface area contributed by atoms with Gasteiger partial charge in [0.25, 0.3) is 0 Å². The molecule has 0 heterocycles. The number of ether oxygens (including phenoxy) is 1. The number of hydrogen-bond acceptors (Lipinski definition) is 2. The van der Waals surface area contributed by atoms with Gasteiger partial charge >= 0.3 is 5.97 Å². The topological polar surface area (TPSA) is 26.3 Å². The van der Waals surface area contributed by atoms with Gasteiger partial charge in [-0.3, -0.25) is 4.79 Å². The fourth-order valence-corrected chi connectivity index (χ4v) is 2.50. The molecule has 0 aliphatic rings. The molecule has 0 saturated carbocycles. The lowest BCUT2D eigenvalue weighted by Crippen LogP contribution is -2.05. The van der Waals surface area contributed by atoms with Crippen molar-refractivity contribution in [2.45, 2.75) is 86.5 Å². The van der Waals surface area contributed by atoms with E-state index in [2.05, 4.69) is 52.8 Å². The van der Waals surface area contributed by atoms with Crippen molar-refractivity contribution in [3.63, 3.8) is 0 Å². The first kappa shape index (κ1) is 22.7. The summed E-state index contributed by atoms with van der Waals surface area (Å²) in [5, 5.41) is 0. The van der Waals surface area contributed by atoms with Gasteiger partial charge in [0.2, 0.25) is 0 Å². The fourth-order valence-electron chi connectivity index (χ4n) is 2.50. The fraction of sp³-hybridized carbons (Fsp3) is 0.682. The molecule has 0 fully saturated rings. The van der Waals surface area contributed by atoms with Crippen molar-refractivity contribution in [2.75, 3.05) is 6.61 Å². The Balaban J connectivity index is 3.86. The van der Waals surface area contributed by atoms with E-state index >= 15 is 0 Å². The third-order valence-corrected chi connectivity index (χ3v) is 4.19. The van der Waals surface area contributed by atoms with Crippen molar-refractivity contribution in [1.82, 2.24) is 0 Å². The second-order valence-electron chi connectivity index (χ2n) is 7.27. The molecule has 0 rings (SSSR count). The van der Waals surface area contributed by atoms with Crippen LogP contribution in [0.3, 0.4) is 0 Å². The maximum atomic E-state index is 10.7. The predicted molar refractivity (Wildman–Crippen MR) is 105 cm³/mol. The molecule has 0 N–H and O–H groups in total. The van der Waals surface area contributed by atoms with E-state index in [9.17, 15) is 4.79 Å². The maximum Gasteiger partial charge on any atom is 0.302 e. The Labute approximate surface area is 150 Å². The standard InChI is InChI=1S/C22H38O2/c1-18(2)10-7-11-19(3)12-8-13-20(4)14-9-15-21(5)16-17-24-22(6)23/h10,12,14,21H,7-9,11,13,15-17H2,1-6H3/b19-12+,20-14+/t21-/m0/s1. The number of carbonyl (C=O) groups is 1. The molecule has 0 aromatic carbocycles. The molecule has 0 radical (unpaired) electrons. The van der Waals surface area contributed by atoms with Crippen LogP contribution in [0, 0.1) is 5.92 Å². The lowest BCUT2D eigenvalue weighted by atomic mass is 10.0. The van der Waals surface area contributed by atoms with Crippen LogP contribution >= 0.6 is 0 Å². The zero-order valence-electron chi connectivity index (χ0n) is 16.8. The third-order valence-electron chi connectivity index (χ3n) is 4.19. The van der Waals surface area contributed by atoms with E-state index < -0.39 is 0 Å². The summed E-state index contributed by atoms with van der Waals surface area (Å²) in [6, 6.07) is 0. The highest BCUT2D eigenvalue weighted by Gasteiger charge is 2.02. The molecule has 1 atom stereocenters. The first-order valence-electron chi connectivity index (χ1n) is 9.39. The lowest BCUT2D eigenvalue weighted by Gasteiger charge is -2.10. The number of carbonyl (C=O) groups excluding carboxylic acids is 1. The minimum absolute atomic E-state index is 0.179. The highest BCUT2D eigenvalue weighted by Crippen LogP contribution is 2.15. The average Bonchev–Trinajstić information content (AvgIpc) is 2.46. The molecule has 2 nitrogen and oxygen atoms in total. The second-order valence-corrected chi connectivity index (χ2v) is 7.27. The number of rotatable bonds is 12. The van der Waals surface area contributed by atoms with E-state index in [1.54, 1.807) is 0 Å². The van der Waals surface area contributed by atoms with Gasteiger partial charge in [-0.1, -0.05) is 41.9 Å². The molecule has 0 aromatic heterocycles. The van der Waals surface area contributed by atoms with Crippen LogP contribution in [-0.2, 0) is 9.53 Å². The minimum Gasteiger partial charge on any atom is -0.466 e. The van der Waals surface area contributed by atoms with Gasteiger partial charge in [-0.05, 0) is 78.6 Å². The van der Waals surface area contributed by atoms with Crippen LogP contribution in [0.1, 0.15) is 86.5 Å². The highest BCUT2D eigenvalue weighted by molar-refractivity contribution is 5.65. The average molecular weight is 335 g/mol. The van der Waals surface area contributed by atoms with Gasteiger partial charge < -0.3 is 4.74 Å². The SMILES string of the molecule is CC(=O)OCC[C@@H](C)CC/C=C(\C)CC/C=C(\C)CCC=C(C)C. The quantitative estimate of drug-likeness (QED) is 0.290. The summed E-state index contributed by atoms with van der Waals surface area (Å²) in [7, 11) is 0. The summed E-state index contributed by atoms with van der Waals surface area (Å²) in [5.74, 6) is 0.424. The first-order valence-corrected chi connectivity index (χ1v) is 9.39. The summed E-state index contributed by atoms with van der Waals surface area (Å²) in [5.41, 5.74) is 4.39. The molecule has 0 saturated heterocycles. The number of allylic oxidation sites excluding steroid dienone is 6. The Bertz CT molecular complexity index is 437. The smallest absolute Gasteiger partial charge is 0.302 e. The van der Waals surface area contributed by atoms with Gasteiger partial charge in [0.15, 0.2) is 0 Å². The Morgan fingerprint density at radius 3 is 1.92 bits per heavy atom. The molecule has 0 amide bonds. The van der Waals surface area contributed by atoms with Crippen molar-refractivity contribution < 1.29 is 9.53 Å². The molecule has 2 heteroatoms. The van der Waals surface area contributed by atoms with E-state index in [0.717, 1.165) is 38.5 Å². The number of hydrogen-bond donors (Lipinski definition) is 0. The molecule has 0 aliphatic heterocycles. The minimum atomic E-state index is -0.179. The van der Waals surface area contributed by atoms with Gasteiger partial charge in [-0.2, -0.15) is 0 Å². The molecule has 0 aromatic rings. The van der Waals surface area contributed by atoms with E-state index in [1.807, 2.05) is 0 Å². The monoisotopic (exact) mass is 334 g/mol. The largest absolute Gasteiger partial charge is 0.466 e. The lowest BCUT2D eigenvalue weighted by molar-refractivity contribution is -0.141. The van der Waals surface area contributed by atoms with E-state index in [1.165, 1.54) is 30.1 Å². The van der Waals surface area contributed by atoms with Gasteiger partial charge in [0.05, 0.1) is 6.61 Å². The van der Waals surface area contributed by atoms with Crippen molar-refractivity contribution in [1.29, 1.82) is 0 Å². The van der Waals surface area contributed by atoms with Crippen molar-refractivity contribution >= 4 is 5.97 Å². The van der Waals surface area contributed by atoms with Crippen molar-refractivity contribution in [2.24, 2.45) is 5.92 Å². The molecule has 24 heavy (non-hydrogen) atoms. The van der Waals surface area contributed by atoms with Crippen LogP contribution in [0.15, 0.2) is 34.9 Å². The Morgan fingerprint density at radius 2 is 1.38 bits per heavy atom. The van der Waals surface area contributed by atoms with Crippen molar-refractivity contribution in [3.05, 3.63) is 34.9 Å². The summed E-state index contributed by atoms with van der Waals surface area (Å²) in [6.07, 6.45) is 14.9. The molecule has 138 valence electrons. The van der Waals surface area contributed by atoms with Crippen LogP contribution in [0.5, 0.6) is 0 Å². The summed E-state index contributed by atoms with van der Waals surface area (Å²) >= 11 is 0. The second kappa shape index (κ2) is 14.1. The van der Waals surface area contributed by atoms with Crippen LogP contribution in [-0.4, -0.2) is 12.6 Å². The highest BCUT2D eigenvalue weighted by atomic mass is 16.5. The summed E-state index contributed by atoms with van der Waals surface area (Å²) in [6.45, 7) is 13.0. The summed E-state index contributed by atoms with van der Waals surface area (Å²) in [4.78, 5) is 10.7. The van der Waals surface area contributed by atoms with Crippen molar-refractivity contribution in [3.8, 4) is 0 Å². The van der Waals surface area contributed by atoms with Crippen LogP contribution in [0.4, 0.5) is 0 Å². The van der Waals surface area contributed by atoms with Crippen LogP contribution in [0.25, 0.3) is 0 Å². The molecular formula is C22H38O2. The third kappa shape index (κ3) is 15.6. The van der Waals surface area contributed by atoms with Gasteiger partial charge in [-0.25, -0.2) is 0 Å². The van der Waals surface area contributed by atoms with Crippen LogP contribution < -0.4 is 0 Å². The predicted octanol–water partition coefficient (Wildman–Crippen LogP) is 6.78. The van der Waals surface area contributed by atoms with E-state index in [0.29, 0.717) is 12.5 Å². The normalized spacial score (nSPS) is 13.6. The van der Waals surface area contributed by atoms with Gasteiger partial charge in [-0.15, -0.1) is 0 Å². The molecule has 0 aliphatic carbocycles. The Morgan fingerprint density at radius 1 is 0.833 bits per heavy atom. The molecule has 0 bridgehead atoms. The molecular weight excluding hydrogens is 296 g/mol. The summed E-state index contributed by atoms with van der Waals surface area (Å²) < 4.78 is 4.99. The maximum absolute atomic E-state index is 10.7. The van der Waals surface area contributed by atoms with E-state index in [-0.39, 0.29) is 5.97 Å². The van der Waals surface area contributed by atoms with Gasteiger partial charge in [0.1, 0.15) is 0 Å².